The molecule has 1 aliphatic heterocycles. The van der Waals surface area contributed by atoms with Crippen LogP contribution in [0.3, 0.4) is 0 Å². The van der Waals surface area contributed by atoms with Gasteiger partial charge in [-0.25, -0.2) is 14.3 Å². The number of aliphatic carboxylic acids is 1. The van der Waals surface area contributed by atoms with E-state index in [1.807, 2.05) is 0 Å². The van der Waals surface area contributed by atoms with Crippen LogP contribution in [0.4, 0.5) is 10.5 Å². The minimum Gasteiger partial charge on any atom is -0.476 e. The minimum absolute atomic E-state index is 0.0163. The first kappa shape index (κ1) is 29.6. The molecule has 19 heteroatoms. The van der Waals surface area contributed by atoms with Crippen LogP contribution in [0.2, 0.25) is 0 Å². The smallest absolute Gasteiger partial charge is 0.476 e. The largest absolute Gasteiger partial charge is 0.512 e. The second-order valence-electron chi connectivity index (χ2n) is 8.11. The molecule has 218 valence electrons. The van der Waals surface area contributed by atoms with Gasteiger partial charge in [-0.1, -0.05) is 6.08 Å². The van der Waals surface area contributed by atoms with Gasteiger partial charge in [0.1, 0.15) is 5.56 Å². The predicted octanol–water partition coefficient (Wildman–Crippen LogP) is 1.14. The van der Waals surface area contributed by atoms with E-state index in [2.05, 4.69) is 14.9 Å². The van der Waals surface area contributed by atoms with Crippen molar-refractivity contribution in [2.24, 2.45) is 5.10 Å². The fourth-order valence-electron chi connectivity index (χ4n) is 3.59. The summed E-state index contributed by atoms with van der Waals surface area (Å²) in [6, 6.07) is 8.35. The molecular weight excluding hydrogens is 604 g/mol. The van der Waals surface area contributed by atoms with E-state index in [1.54, 1.807) is 0 Å². The standard InChI is InChI=1S/C23H16N4O13S2/c28-20-16(18(22(30)31)24-26(20)12-4-8-14(9-5-12)41(34,35)36)2-1-3-17-19(40-23(32)33)25-27(21(17)29)13-6-10-15(11-7-13)42(37,38)39/h1-11,25H,(H,30,31)(H,32,33)(H,34,35,36)(H,37,38,39). The lowest BCUT2D eigenvalue weighted by atomic mass is 10.1. The Morgan fingerprint density at radius 2 is 1.38 bits per heavy atom. The van der Waals surface area contributed by atoms with Crippen molar-refractivity contribution in [3.05, 3.63) is 82.2 Å². The first-order valence-electron chi connectivity index (χ1n) is 11.0. The molecule has 0 atom stereocenters. The molecule has 1 aliphatic rings. The second kappa shape index (κ2) is 10.9. The monoisotopic (exact) mass is 620 g/mol. The van der Waals surface area contributed by atoms with Gasteiger partial charge in [0, 0.05) is 0 Å². The lowest BCUT2D eigenvalue weighted by Gasteiger charge is -2.11. The van der Waals surface area contributed by atoms with Crippen molar-refractivity contribution in [3.8, 4) is 11.6 Å². The van der Waals surface area contributed by atoms with Gasteiger partial charge in [0.05, 0.1) is 26.7 Å². The lowest BCUT2D eigenvalue weighted by molar-refractivity contribution is -0.129. The molecule has 0 fully saturated rings. The molecule has 0 radical (unpaired) electrons. The zero-order valence-corrected chi connectivity index (χ0v) is 22.1. The van der Waals surface area contributed by atoms with Crippen molar-refractivity contribution in [2.45, 2.75) is 9.79 Å². The fraction of sp³-hybridized carbons (Fsp3) is 0. The summed E-state index contributed by atoms with van der Waals surface area (Å²) in [5.74, 6) is -3.14. The van der Waals surface area contributed by atoms with Crippen LogP contribution in [-0.2, 0) is 29.8 Å². The molecule has 3 aromatic rings. The van der Waals surface area contributed by atoms with E-state index in [4.69, 9.17) is 14.2 Å². The molecule has 0 saturated carbocycles. The van der Waals surface area contributed by atoms with Gasteiger partial charge in [0.15, 0.2) is 5.71 Å². The van der Waals surface area contributed by atoms with Gasteiger partial charge in [-0.05, 0) is 60.7 Å². The first-order chi connectivity index (χ1) is 19.6. The van der Waals surface area contributed by atoms with E-state index >= 15 is 0 Å². The number of hydrogen-bond acceptors (Lipinski definition) is 10. The van der Waals surface area contributed by atoms with Crippen LogP contribution in [0.25, 0.3) is 11.8 Å². The number of aromatic amines is 1. The van der Waals surface area contributed by atoms with E-state index in [9.17, 15) is 41.1 Å². The maximum Gasteiger partial charge on any atom is 0.512 e. The van der Waals surface area contributed by atoms with Crippen LogP contribution in [0, 0.1) is 0 Å². The zero-order chi connectivity index (χ0) is 31.0. The van der Waals surface area contributed by atoms with Crippen molar-refractivity contribution in [3.63, 3.8) is 0 Å². The number of carboxylic acid groups (broad SMARTS) is 2. The molecular formula is C23H16N4O13S2. The number of nitrogens with one attached hydrogen (secondary N) is 1. The Kier molecular flexibility index (Phi) is 7.68. The van der Waals surface area contributed by atoms with Gasteiger partial charge < -0.3 is 14.9 Å². The molecule has 17 nitrogen and oxygen atoms in total. The number of H-pyrrole nitrogens is 1. The van der Waals surface area contributed by atoms with Crippen LogP contribution < -0.4 is 15.3 Å². The van der Waals surface area contributed by atoms with Gasteiger partial charge in [-0.2, -0.15) is 26.9 Å². The van der Waals surface area contributed by atoms with E-state index < -0.39 is 76.3 Å². The second-order valence-corrected chi connectivity index (χ2v) is 11.0. The Bertz CT molecular complexity index is 1990. The van der Waals surface area contributed by atoms with Crippen molar-refractivity contribution < 1.29 is 55.3 Å². The maximum absolute atomic E-state index is 13.0. The van der Waals surface area contributed by atoms with Gasteiger partial charge in [-0.15, -0.1) is 0 Å². The summed E-state index contributed by atoms with van der Waals surface area (Å²) in [6.45, 7) is 0. The molecule has 1 aromatic heterocycles. The van der Waals surface area contributed by atoms with Gasteiger partial charge in [0.2, 0.25) is 5.88 Å². The van der Waals surface area contributed by atoms with Crippen LogP contribution in [0.1, 0.15) is 5.56 Å². The summed E-state index contributed by atoms with van der Waals surface area (Å²) in [4.78, 5) is 47.9. The number of carboxylic acids is 1. The molecule has 5 N–H and O–H groups in total. The van der Waals surface area contributed by atoms with E-state index in [-0.39, 0.29) is 11.4 Å². The van der Waals surface area contributed by atoms with E-state index in [0.29, 0.717) is 5.01 Å². The number of hydrogen-bond donors (Lipinski definition) is 5. The van der Waals surface area contributed by atoms with Crippen molar-refractivity contribution in [2.75, 3.05) is 5.01 Å². The van der Waals surface area contributed by atoms with E-state index in [1.165, 1.54) is 0 Å². The van der Waals surface area contributed by atoms with Crippen LogP contribution in [0.15, 0.2) is 85.9 Å². The Balaban J connectivity index is 1.70. The number of benzene rings is 2. The lowest BCUT2D eigenvalue weighted by Crippen LogP contribution is -2.22. The molecule has 2 heterocycles. The van der Waals surface area contributed by atoms with Crippen molar-refractivity contribution in [1.29, 1.82) is 0 Å². The molecule has 0 bridgehead atoms. The Labute approximate surface area is 234 Å². The number of rotatable bonds is 8. The highest BCUT2D eigenvalue weighted by molar-refractivity contribution is 7.86. The number of ether oxygens (including phenoxy) is 1. The predicted molar refractivity (Wildman–Crippen MR) is 141 cm³/mol. The maximum atomic E-state index is 13.0. The number of nitrogens with zero attached hydrogens (tertiary/aromatic N) is 3. The number of aromatic nitrogens is 2. The fourth-order valence-corrected chi connectivity index (χ4v) is 4.55. The highest BCUT2D eigenvalue weighted by Gasteiger charge is 2.35. The Morgan fingerprint density at radius 3 is 1.86 bits per heavy atom. The number of carbonyl (C=O) groups excluding carboxylic acids is 1. The summed E-state index contributed by atoms with van der Waals surface area (Å²) >= 11 is 0. The summed E-state index contributed by atoms with van der Waals surface area (Å²) in [6.07, 6.45) is 1.22. The molecule has 0 unspecified atom stereocenters. The number of carbonyl (C=O) groups is 3. The normalized spacial score (nSPS) is 14.9. The topological polar surface area (TPSA) is 263 Å². The Hall–Kier alpha value is -5.37. The molecule has 4 rings (SSSR count). The summed E-state index contributed by atoms with van der Waals surface area (Å²) in [7, 11) is -9.06. The molecule has 0 spiro atoms. The highest BCUT2D eigenvalue weighted by atomic mass is 32.2. The Morgan fingerprint density at radius 1 is 0.857 bits per heavy atom. The number of allylic oxidation sites excluding steroid dienone is 2. The molecule has 0 saturated heterocycles. The minimum atomic E-state index is -4.53. The molecule has 42 heavy (non-hydrogen) atoms. The highest BCUT2D eigenvalue weighted by Crippen LogP contribution is 2.26. The number of anilines is 1. The van der Waals surface area contributed by atoms with Crippen LogP contribution in [-0.4, -0.2) is 69.7 Å². The summed E-state index contributed by atoms with van der Waals surface area (Å²) in [5.41, 5.74) is -2.49. The first-order valence-corrected chi connectivity index (χ1v) is 13.9. The van der Waals surface area contributed by atoms with E-state index in [0.717, 1.165) is 71.4 Å². The SMILES string of the molecule is O=C(O)Oc1[nH]n(-c2ccc(S(=O)(=O)O)cc2)c(=O)c1C=CC=C1C(=O)N(c2ccc(S(=O)(=O)O)cc2)N=C1C(=O)O. The summed E-state index contributed by atoms with van der Waals surface area (Å²) in [5, 5.41) is 25.4. The average Bonchev–Trinajstić information content (AvgIpc) is 3.39. The van der Waals surface area contributed by atoms with Crippen LogP contribution >= 0.6 is 0 Å². The quantitative estimate of drug-likeness (QED) is 0.135. The van der Waals surface area contributed by atoms with Crippen LogP contribution in [0.5, 0.6) is 5.88 Å². The zero-order valence-electron chi connectivity index (χ0n) is 20.5. The third-order valence-electron chi connectivity index (χ3n) is 5.46. The van der Waals surface area contributed by atoms with Gasteiger partial charge >= 0.3 is 12.1 Å². The van der Waals surface area contributed by atoms with Crippen molar-refractivity contribution in [1.82, 2.24) is 9.78 Å². The third-order valence-corrected chi connectivity index (χ3v) is 7.19. The molecule has 0 aliphatic carbocycles. The summed E-state index contributed by atoms with van der Waals surface area (Å²) < 4.78 is 68.7. The number of amides is 1. The van der Waals surface area contributed by atoms with Gasteiger partial charge in [-0.3, -0.25) is 23.8 Å². The number of hydrazone groups is 1. The average molecular weight is 621 g/mol. The molecule has 1 amide bonds. The van der Waals surface area contributed by atoms with Gasteiger partial charge in [0.25, 0.3) is 31.7 Å². The van der Waals surface area contributed by atoms with Crippen molar-refractivity contribution >= 4 is 55.7 Å². The molecule has 2 aromatic carbocycles. The third kappa shape index (κ3) is 6.02.